The fourth-order valence-corrected chi connectivity index (χ4v) is 2.57. The molecule has 1 aromatic heterocycles. The van der Waals surface area contributed by atoms with Crippen LogP contribution in [0.3, 0.4) is 0 Å². The minimum Gasteiger partial charge on any atom is -0.318 e. The van der Waals surface area contributed by atoms with Gasteiger partial charge in [-0.25, -0.2) is 0 Å². The zero-order valence-corrected chi connectivity index (χ0v) is 12.5. The molecule has 0 spiro atoms. The molecular formula is C14H20N4S. The number of hydrogen-bond acceptors (Lipinski definition) is 4. The van der Waals surface area contributed by atoms with Gasteiger partial charge < -0.3 is 9.88 Å². The topological polar surface area (TPSA) is 42.7 Å². The maximum atomic E-state index is 4.17. The number of aromatic nitrogens is 3. The molecule has 0 amide bonds. The molecule has 5 heteroatoms. The van der Waals surface area contributed by atoms with Gasteiger partial charge in [-0.15, -0.1) is 22.0 Å². The molecule has 0 saturated carbocycles. The second-order valence-electron chi connectivity index (χ2n) is 4.44. The summed E-state index contributed by atoms with van der Waals surface area (Å²) in [6, 6.07) is 8.68. The smallest absolute Gasteiger partial charge is 0.143 e. The Morgan fingerprint density at radius 3 is 2.53 bits per heavy atom. The van der Waals surface area contributed by atoms with Crippen LogP contribution in [0.2, 0.25) is 0 Å². The molecule has 0 saturated heterocycles. The lowest BCUT2D eigenvalue weighted by Gasteiger charge is -2.05. The van der Waals surface area contributed by atoms with Crippen molar-refractivity contribution in [3.8, 4) is 0 Å². The molecule has 102 valence electrons. The molecule has 0 unspecified atom stereocenters. The van der Waals surface area contributed by atoms with Gasteiger partial charge in [-0.2, -0.15) is 0 Å². The van der Waals surface area contributed by atoms with Crippen molar-refractivity contribution in [1.29, 1.82) is 0 Å². The third-order valence-corrected chi connectivity index (χ3v) is 4.06. The summed E-state index contributed by atoms with van der Waals surface area (Å²) >= 11 is 1.79. The molecule has 2 rings (SSSR count). The van der Waals surface area contributed by atoms with Crippen LogP contribution in [0, 0.1) is 6.92 Å². The highest BCUT2D eigenvalue weighted by atomic mass is 32.2. The summed E-state index contributed by atoms with van der Waals surface area (Å²) in [6.07, 6.45) is 0. The number of thioether (sulfide) groups is 1. The van der Waals surface area contributed by atoms with E-state index in [-0.39, 0.29) is 0 Å². The SMILES string of the molecule is CCNCc1ccc(SCc2nnc(C)n2C)cc1. The molecule has 0 aliphatic rings. The normalized spacial score (nSPS) is 10.9. The van der Waals surface area contributed by atoms with Gasteiger partial charge in [0.1, 0.15) is 11.6 Å². The monoisotopic (exact) mass is 276 g/mol. The van der Waals surface area contributed by atoms with Crippen molar-refractivity contribution in [3.05, 3.63) is 41.5 Å². The highest BCUT2D eigenvalue weighted by molar-refractivity contribution is 7.98. The van der Waals surface area contributed by atoms with Crippen LogP contribution < -0.4 is 5.32 Å². The summed E-state index contributed by atoms with van der Waals surface area (Å²) in [7, 11) is 2.00. The maximum Gasteiger partial charge on any atom is 0.143 e. The van der Waals surface area contributed by atoms with Gasteiger partial charge in [-0.3, -0.25) is 0 Å². The number of nitrogens with one attached hydrogen (secondary N) is 1. The molecule has 0 aliphatic heterocycles. The van der Waals surface area contributed by atoms with Crippen molar-refractivity contribution >= 4 is 11.8 Å². The molecule has 0 atom stereocenters. The Morgan fingerprint density at radius 2 is 1.95 bits per heavy atom. The summed E-state index contributed by atoms with van der Waals surface area (Å²) < 4.78 is 2.03. The lowest BCUT2D eigenvalue weighted by molar-refractivity contribution is 0.726. The van der Waals surface area contributed by atoms with Crippen molar-refractivity contribution in [1.82, 2.24) is 20.1 Å². The van der Waals surface area contributed by atoms with Crippen LogP contribution in [0.25, 0.3) is 0 Å². The quantitative estimate of drug-likeness (QED) is 0.823. The number of benzene rings is 1. The highest BCUT2D eigenvalue weighted by Crippen LogP contribution is 2.22. The van der Waals surface area contributed by atoms with Crippen LogP contribution in [0.15, 0.2) is 29.2 Å². The van der Waals surface area contributed by atoms with Crippen LogP contribution in [0.5, 0.6) is 0 Å². The van der Waals surface area contributed by atoms with E-state index in [2.05, 4.69) is 46.7 Å². The van der Waals surface area contributed by atoms with E-state index in [1.165, 1.54) is 10.5 Å². The number of hydrogen-bond donors (Lipinski definition) is 1. The highest BCUT2D eigenvalue weighted by Gasteiger charge is 2.05. The molecular weight excluding hydrogens is 256 g/mol. The second-order valence-corrected chi connectivity index (χ2v) is 5.48. The molecule has 0 fully saturated rings. The maximum absolute atomic E-state index is 4.17. The van der Waals surface area contributed by atoms with Crippen molar-refractivity contribution in [3.63, 3.8) is 0 Å². The van der Waals surface area contributed by atoms with Gasteiger partial charge >= 0.3 is 0 Å². The van der Waals surface area contributed by atoms with E-state index in [0.717, 1.165) is 30.5 Å². The van der Waals surface area contributed by atoms with Gasteiger partial charge in [-0.05, 0) is 31.2 Å². The van der Waals surface area contributed by atoms with E-state index in [1.807, 2.05) is 18.5 Å². The molecule has 0 aliphatic carbocycles. The molecule has 4 nitrogen and oxygen atoms in total. The predicted octanol–water partition coefficient (Wildman–Crippen LogP) is 2.53. The van der Waals surface area contributed by atoms with E-state index < -0.39 is 0 Å². The minimum atomic E-state index is 0.851. The Morgan fingerprint density at radius 1 is 1.21 bits per heavy atom. The fourth-order valence-electron chi connectivity index (χ4n) is 1.70. The first-order valence-corrected chi connectivity index (χ1v) is 7.46. The zero-order chi connectivity index (χ0) is 13.7. The lowest BCUT2D eigenvalue weighted by Crippen LogP contribution is -2.11. The van der Waals surface area contributed by atoms with Gasteiger partial charge in [0.2, 0.25) is 0 Å². The number of nitrogens with zero attached hydrogens (tertiary/aromatic N) is 3. The molecule has 19 heavy (non-hydrogen) atoms. The van der Waals surface area contributed by atoms with E-state index in [1.54, 1.807) is 11.8 Å². The third-order valence-electron chi connectivity index (χ3n) is 3.05. The Kier molecular flexibility index (Phi) is 4.99. The van der Waals surface area contributed by atoms with Crippen LogP contribution in [-0.4, -0.2) is 21.3 Å². The van der Waals surface area contributed by atoms with Gasteiger partial charge in [0.05, 0.1) is 5.75 Å². The van der Waals surface area contributed by atoms with E-state index in [0.29, 0.717) is 0 Å². The average molecular weight is 276 g/mol. The summed E-state index contributed by atoms with van der Waals surface area (Å²) in [4.78, 5) is 1.26. The summed E-state index contributed by atoms with van der Waals surface area (Å²) in [5.74, 6) is 2.82. The number of aryl methyl sites for hydroxylation is 1. The fraction of sp³-hybridized carbons (Fsp3) is 0.429. The minimum absolute atomic E-state index is 0.851. The van der Waals surface area contributed by atoms with Gasteiger partial charge in [-0.1, -0.05) is 19.1 Å². The first-order valence-electron chi connectivity index (χ1n) is 6.48. The van der Waals surface area contributed by atoms with Crippen LogP contribution in [-0.2, 0) is 19.3 Å². The Hall–Kier alpha value is -1.33. The molecule has 0 bridgehead atoms. The molecule has 1 aromatic carbocycles. The van der Waals surface area contributed by atoms with Crippen LogP contribution in [0.1, 0.15) is 24.1 Å². The molecule has 1 N–H and O–H groups in total. The van der Waals surface area contributed by atoms with Crippen molar-refractivity contribution in [2.24, 2.45) is 7.05 Å². The second kappa shape index (κ2) is 6.73. The summed E-state index contributed by atoms with van der Waals surface area (Å²) in [5.41, 5.74) is 1.32. The Labute approximate surface area is 118 Å². The standard InChI is InChI=1S/C14H20N4S/c1-4-15-9-12-5-7-13(8-6-12)19-10-14-17-16-11(2)18(14)3/h5-8,15H,4,9-10H2,1-3H3. The van der Waals surface area contributed by atoms with Crippen LogP contribution >= 0.6 is 11.8 Å². The van der Waals surface area contributed by atoms with E-state index in [9.17, 15) is 0 Å². The van der Waals surface area contributed by atoms with E-state index in [4.69, 9.17) is 0 Å². The zero-order valence-electron chi connectivity index (χ0n) is 11.7. The lowest BCUT2D eigenvalue weighted by atomic mass is 10.2. The van der Waals surface area contributed by atoms with Gasteiger partial charge in [0.15, 0.2) is 0 Å². The van der Waals surface area contributed by atoms with Crippen molar-refractivity contribution < 1.29 is 0 Å². The first-order chi connectivity index (χ1) is 9.20. The first kappa shape index (κ1) is 14.1. The average Bonchev–Trinajstić information content (AvgIpc) is 2.75. The number of rotatable bonds is 6. The Bertz CT molecular complexity index is 519. The molecule has 0 radical (unpaired) electrons. The van der Waals surface area contributed by atoms with Crippen molar-refractivity contribution in [2.75, 3.05) is 6.54 Å². The van der Waals surface area contributed by atoms with Gasteiger partial charge in [0.25, 0.3) is 0 Å². The molecule has 2 aromatic rings. The Balaban J connectivity index is 1.91. The molecule has 1 heterocycles. The largest absolute Gasteiger partial charge is 0.318 e. The third kappa shape index (κ3) is 3.81. The van der Waals surface area contributed by atoms with E-state index >= 15 is 0 Å². The summed E-state index contributed by atoms with van der Waals surface area (Å²) in [5, 5.41) is 11.6. The summed E-state index contributed by atoms with van der Waals surface area (Å²) in [6.45, 7) is 6.02. The van der Waals surface area contributed by atoms with Crippen molar-refractivity contribution in [2.45, 2.75) is 31.0 Å². The van der Waals surface area contributed by atoms with Gasteiger partial charge in [0, 0.05) is 18.5 Å². The van der Waals surface area contributed by atoms with Crippen LogP contribution in [0.4, 0.5) is 0 Å². The predicted molar refractivity (Wildman–Crippen MR) is 79.1 cm³/mol.